The van der Waals surface area contributed by atoms with Gasteiger partial charge in [0.2, 0.25) is 5.75 Å². The standard InChI is InChI=1S/C73H80F51NO6/c1-3-5-7-9-11-13-15-17-19-24-34-127-44-30-29-43(41-45(44)128-35-25-20-18-16-14-12-10-8-6-4-2)125-49(126)42-39-46(129-36-26-21-31-50(74,75)53(80,81)56(86,87)59(92,93)62(98,99)65(104,105)68(110,111)71(116,117)118)48(131-38-28-23-33-52(78,79)55(84,85)58(90,91)61(96,97)64(102,103)67(108,109)70(114,115)73(122,123)124)47(40-42)130-37-27-22-32-51(76,77)54(82,83)57(88,89)60(94,95)63(100,101)66(106,107)69(112,113)72(119,120)121/h29-30,39-41H,3-28,31-38H2,1-2H3,(H,125,126). The van der Waals surface area contributed by atoms with Gasteiger partial charge in [-0.3, -0.25) is 4.79 Å². The molecule has 0 heterocycles. The van der Waals surface area contributed by atoms with Crippen LogP contribution in [0.25, 0.3) is 0 Å². The molecule has 0 unspecified atom stereocenters. The highest BCUT2D eigenvalue weighted by Gasteiger charge is 2.99. The predicted molar refractivity (Wildman–Crippen MR) is 356 cm³/mol. The molecular weight excluding hydrogens is 1960 g/mol. The largest absolute Gasteiger partial charge is 0.490 e. The predicted octanol–water partition coefficient (Wildman–Crippen LogP) is 31.2. The van der Waals surface area contributed by atoms with Gasteiger partial charge < -0.3 is 29.0 Å². The van der Waals surface area contributed by atoms with Crippen molar-refractivity contribution in [3.8, 4) is 28.7 Å². The molecule has 0 saturated carbocycles. The molecule has 0 saturated heterocycles. The van der Waals surface area contributed by atoms with Crippen molar-refractivity contribution < 1.29 is 252 Å². The van der Waals surface area contributed by atoms with Crippen molar-refractivity contribution in [2.24, 2.45) is 0 Å². The fraction of sp³-hybridized carbons (Fsp3) is 0.822. The minimum absolute atomic E-state index is 0.0304. The van der Waals surface area contributed by atoms with Gasteiger partial charge in [0.05, 0.1) is 33.0 Å². The number of nitrogens with one attached hydrogen (secondary N) is 1. The van der Waals surface area contributed by atoms with Gasteiger partial charge in [-0.25, -0.2) is 0 Å². The molecule has 2 aromatic rings. The smallest absolute Gasteiger partial charge is 0.460 e. The van der Waals surface area contributed by atoms with Gasteiger partial charge >= 0.3 is 143 Å². The number of unbranched alkanes of at least 4 members (excludes halogenated alkanes) is 21. The Morgan fingerprint density at radius 3 is 0.664 bits per heavy atom. The summed E-state index contributed by atoms with van der Waals surface area (Å²) in [4.78, 5) is 14.3. The summed E-state index contributed by atoms with van der Waals surface area (Å²) in [6, 6.07) is 3.33. The fourth-order valence-corrected chi connectivity index (χ4v) is 11.6. The second kappa shape index (κ2) is 43.4. The first-order chi connectivity index (χ1) is 58.8. The summed E-state index contributed by atoms with van der Waals surface area (Å²) in [7, 11) is 0. The molecule has 2 rings (SSSR count). The van der Waals surface area contributed by atoms with Crippen LogP contribution in [0.4, 0.5) is 230 Å². The van der Waals surface area contributed by atoms with E-state index in [1.165, 1.54) is 0 Å². The molecule has 7 nitrogen and oxygen atoms in total. The van der Waals surface area contributed by atoms with Crippen LogP contribution in [0, 0.1) is 0 Å². The number of carbonyl (C=O) groups is 1. The van der Waals surface area contributed by atoms with Crippen molar-refractivity contribution in [3.63, 3.8) is 0 Å². The van der Waals surface area contributed by atoms with E-state index in [-0.39, 0.29) is 36.8 Å². The molecule has 0 bridgehead atoms. The maximum Gasteiger partial charge on any atom is 0.460 e. The van der Waals surface area contributed by atoms with Crippen LogP contribution in [0.2, 0.25) is 0 Å². The van der Waals surface area contributed by atoms with E-state index in [9.17, 15) is 202 Å². The quantitative estimate of drug-likeness (QED) is 0.0525. The second-order valence-corrected chi connectivity index (χ2v) is 29.8. The number of ether oxygens (including phenoxy) is 5. The Labute approximate surface area is 708 Å². The zero-order valence-corrected chi connectivity index (χ0v) is 67.2. The summed E-state index contributed by atoms with van der Waals surface area (Å²) in [6.45, 7) is -1.70. The van der Waals surface area contributed by atoms with Gasteiger partial charge in [0, 0.05) is 36.6 Å². The number of alkyl halides is 51. The van der Waals surface area contributed by atoms with Gasteiger partial charge in [0.15, 0.2) is 23.0 Å². The van der Waals surface area contributed by atoms with Crippen LogP contribution < -0.4 is 29.0 Å². The number of carbonyl (C=O) groups excluding carboxylic acids is 1. The van der Waals surface area contributed by atoms with Crippen molar-refractivity contribution in [1.29, 1.82) is 0 Å². The summed E-state index contributed by atoms with van der Waals surface area (Å²) in [5.41, 5.74) is -1.73. The van der Waals surface area contributed by atoms with Crippen molar-refractivity contribution in [3.05, 3.63) is 35.9 Å². The zero-order chi connectivity index (χ0) is 102. The monoisotopic (exact) mass is 2040 g/mol. The molecule has 131 heavy (non-hydrogen) atoms. The average Bonchev–Trinajstić information content (AvgIpc) is 0.703. The molecule has 1 N–H and O–H groups in total. The Bertz CT molecular complexity index is 3720. The van der Waals surface area contributed by atoms with E-state index in [1.54, 1.807) is 0 Å². The van der Waals surface area contributed by atoms with Gasteiger partial charge in [0.1, 0.15) is 0 Å². The molecule has 2 aromatic carbocycles. The Balaban J connectivity index is 3.05. The second-order valence-electron chi connectivity index (χ2n) is 29.8. The SMILES string of the molecule is CCCCCCCCCCCCOc1ccc(NC(=O)c2cc(OCCCCC(F)(F)C(F)(F)C(F)(F)C(F)(F)C(F)(F)C(F)(F)C(F)(F)C(F)(F)F)c(OCCCCC(F)(F)C(F)(F)C(F)(F)C(F)(F)C(F)(F)C(F)(F)C(F)(F)C(F)(F)F)c(OCCCCC(F)(F)C(F)(F)C(F)(F)C(F)(F)C(F)(F)C(F)(F)C(F)(F)C(F)(F)F)c2)cc1OCCCCCCCCCCCC. The number of anilines is 1. The first kappa shape index (κ1) is 120. The van der Waals surface area contributed by atoms with Crippen molar-refractivity contribution >= 4 is 11.6 Å². The summed E-state index contributed by atoms with van der Waals surface area (Å²) in [5, 5.41) is 2.11. The third-order valence-electron chi connectivity index (χ3n) is 19.8. The number of benzene rings is 2. The maximum absolute atomic E-state index is 15.1. The van der Waals surface area contributed by atoms with Crippen LogP contribution in [0.3, 0.4) is 0 Å². The van der Waals surface area contributed by atoms with E-state index < -0.39 is 255 Å². The summed E-state index contributed by atoms with van der Waals surface area (Å²) < 4.78 is 745. The van der Waals surface area contributed by atoms with Crippen LogP contribution in [0.5, 0.6) is 28.7 Å². The molecule has 0 aliphatic rings. The number of hydrogen-bond donors (Lipinski definition) is 1. The molecular formula is C73H80F51NO6. The Morgan fingerprint density at radius 2 is 0.420 bits per heavy atom. The van der Waals surface area contributed by atoms with E-state index in [4.69, 9.17) is 23.7 Å². The highest BCUT2D eigenvalue weighted by molar-refractivity contribution is 6.05. The Morgan fingerprint density at radius 1 is 0.221 bits per heavy atom. The summed E-state index contributed by atoms with van der Waals surface area (Å²) in [5.74, 6) is -188. The minimum Gasteiger partial charge on any atom is -0.490 e. The molecule has 0 fully saturated rings. The molecule has 0 radical (unpaired) electrons. The first-order valence-electron chi connectivity index (χ1n) is 38.7. The number of halogens is 51. The lowest BCUT2D eigenvalue weighted by atomic mass is 9.88. The zero-order valence-electron chi connectivity index (χ0n) is 67.2. The van der Waals surface area contributed by atoms with Crippen molar-refractivity contribution in [2.75, 3.05) is 38.4 Å². The average molecular weight is 2040 g/mol. The van der Waals surface area contributed by atoms with Crippen LogP contribution >= 0.6 is 0 Å². The fourth-order valence-electron chi connectivity index (χ4n) is 11.6. The van der Waals surface area contributed by atoms with Gasteiger partial charge in [-0.05, 0) is 75.6 Å². The molecule has 58 heteroatoms. The Kier molecular flexibility index (Phi) is 39.9. The van der Waals surface area contributed by atoms with Gasteiger partial charge in [-0.15, -0.1) is 0 Å². The third-order valence-corrected chi connectivity index (χ3v) is 19.8. The van der Waals surface area contributed by atoms with E-state index in [2.05, 4.69) is 5.32 Å². The number of rotatable bonds is 62. The highest BCUT2D eigenvalue weighted by Crippen LogP contribution is 2.69. The van der Waals surface area contributed by atoms with Gasteiger partial charge in [0.25, 0.3) is 5.91 Å². The molecule has 0 aliphatic carbocycles. The summed E-state index contributed by atoms with van der Waals surface area (Å²) >= 11 is 0. The molecule has 0 aromatic heterocycles. The summed E-state index contributed by atoms with van der Waals surface area (Å²) in [6.07, 6.45) is -30.0. The first-order valence-corrected chi connectivity index (χ1v) is 38.7. The van der Waals surface area contributed by atoms with Crippen LogP contribution in [-0.2, 0) is 0 Å². The number of hydrogen-bond acceptors (Lipinski definition) is 6. The van der Waals surface area contributed by atoms with E-state index in [0.717, 1.165) is 115 Å². The molecule has 0 aliphatic heterocycles. The lowest BCUT2D eigenvalue weighted by molar-refractivity contribution is -0.461. The van der Waals surface area contributed by atoms with E-state index in [1.807, 2.05) is 13.8 Å². The third kappa shape index (κ3) is 24.5. The van der Waals surface area contributed by atoms with Crippen molar-refractivity contribution in [2.45, 2.75) is 343 Å². The van der Waals surface area contributed by atoms with Crippen molar-refractivity contribution in [1.82, 2.24) is 0 Å². The van der Waals surface area contributed by atoms with Crippen LogP contribution in [-0.4, -0.2) is 182 Å². The van der Waals surface area contributed by atoms with Crippen LogP contribution in [0.15, 0.2) is 30.3 Å². The lowest BCUT2D eigenvalue weighted by Gasteiger charge is -2.42. The number of amides is 1. The van der Waals surface area contributed by atoms with Gasteiger partial charge in [-0.2, -0.15) is 224 Å². The molecule has 770 valence electrons. The van der Waals surface area contributed by atoms with Gasteiger partial charge in [-0.1, -0.05) is 129 Å². The van der Waals surface area contributed by atoms with Crippen LogP contribution in [0.1, 0.15) is 210 Å². The lowest BCUT2D eigenvalue weighted by Crippen LogP contribution is -2.74. The Hall–Kier alpha value is -6.66. The molecule has 0 spiro atoms. The van der Waals surface area contributed by atoms with E-state index in [0.29, 0.717) is 32.1 Å². The maximum atomic E-state index is 15.1. The normalized spacial score (nSPS) is 14.9. The topological polar surface area (TPSA) is 75.3 Å². The minimum atomic E-state index is -9.15. The van der Waals surface area contributed by atoms with E-state index >= 15 is 26.3 Å². The molecule has 0 atom stereocenters. The molecule has 1 amide bonds. The highest BCUT2D eigenvalue weighted by atomic mass is 19.5.